The van der Waals surface area contributed by atoms with Crippen LogP contribution in [0.5, 0.6) is 0 Å². The fraction of sp³-hybridized carbons (Fsp3) is 0.318. The molecular formula is C22H24BrN3O3. The number of hydrogen-bond donors (Lipinski definition) is 3. The molecule has 29 heavy (non-hydrogen) atoms. The van der Waals surface area contributed by atoms with E-state index in [0.717, 1.165) is 35.7 Å². The summed E-state index contributed by atoms with van der Waals surface area (Å²) in [5, 5.41) is 2.91. The number of hydrazine groups is 1. The molecule has 0 bridgehead atoms. The van der Waals surface area contributed by atoms with Crippen LogP contribution in [0.4, 0.5) is 5.69 Å². The van der Waals surface area contributed by atoms with Crippen molar-refractivity contribution in [2.75, 3.05) is 5.32 Å². The Morgan fingerprint density at radius 2 is 1.45 bits per heavy atom. The van der Waals surface area contributed by atoms with Crippen LogP contribution in [0.25, 0.3) is 0 Å². The van der Waals surface area contributed by atoms with Crippen molar-refractivity contribution < 1.29 is 14.4 Å². The average molecular weight is 458 g/mol. The van der Waals surface area contributed by atoms with E-state index < -0.39 is 11.8 Å². The fourth-order valence-electron chi connectivity index (χ4n) is 3.31. The lowest BCUT2D eigenvalue weighted by atomic mass is 9.88. The number of anilines is 1. The number of nitrogens with one attached hydrogen (secondary N) is 3. The normalized spacial score (nSPS) is 14.1. The van der Waals surface area contributed by atoms with Crippen molar-refractivity contribution in [1.29, 1.82) is 0 Å². The zero-order valence-corrected chi connectivity index (χ0v) is 17.8. The van der Waals surface area contributed by atoms with E-state index in [4.69, 9.17) is 0 Å². The van der Waals surface area contributed by atoms with Gasteiger partial charge in [0.15, 0.2) is 0 Å². The van der Waals surface area contributed by atoms with Gasteiger partial charge in [0.05, 0.1) is 0 Å². The largest absolute Gasteiger partial charge is 0.326 e. The standard InChI is InChI=1S/C22H24BrN3O3/c1-14-7-8-17(13-19(14)23)22(29)26-25-21(28)16-9-11-18(12-10-16)24-20(27)15-5-3-2-4-6-15/h7-13,15H,2-6H2,1H3,(H,24,27)(H,25,28)(H,26,29). The molecular weight excluding hydrogens is 434 g/mol. The average Bonchev–Trinajstić information content (AvgIpc) is 2.74. The van der Waals surface area contributed by atoms with Crippen LogP contribution in [0.15, 0.2) is 46.9 Å². The van der Waals surface area contributed by atoms with Gasteiger partial charge in [0.2, 0.25) is 5.91 Å². The number of halogens is 1. The van der Waals surface area contributed by atoms with Gasteiger partial charge in [-0.25, -0.2) is 0 Å². The van der Waals surface area contributed by atoms with E-state index >= 15 is 0 Å². The zero-order chi connectivity index (χ0) is 20.8. The van der Waals surface area contributed by atoms with Gasteiger partial charge in [-0.15, -0.1) is 0 Å². The lowest BCUT2D eigenvalue weighted by Gasteiger charge is -2.20. The molecule has 3 amide bonds. The molecule has 0 saturated heterocycles. The lowest BCUT2D eigenvalue weighted by molar-refractivity contribution is -0.120. The van der Waals surface area contributed by atoms with Crippen LogP contribution >= 0.6 is 15.9 Å². The van der Waals surface area contributed by atoms with E-state index in [-0.39, 0.29) is 11.8 Å². The Kier molecular flexibility index (Phi) is 7.04. The molecule has 1 aliphatic rings. The summed E-state index contributed by atoms with van der Waals surface area (Å²) in [7, 11) is 0. The summed E-state index contributed by atoms with van der Waals surface area (Å²) in [5.41, 5.74) is 7.29. The van der Waals surface area contributed by atoms with Crippen molar-refractivity contribution in [2.45, 2.75) is 39.0 Å². The van der Waals surface area contributed by atoms with E-state index in [0.29, 0.717) is 16.8 Å². The Labute approximate surface area is 178 Å². The van der Waals surface area contributed by atoms with E-state index in [1.54, 1.807) is 36.4 Å². The first-order valence-electron chi connectivity index (χ1n) is 9.72. The van der Waals surface area contributed by atoms with E-state index in [9.17, 15) is 14.4 Å². The Bertz CT molecular complexity index is 906. The third-order valence-electron chi connectivity index (χ3n) is 5.11. The third-order valence-corrected chi connectivity index (χ3v) is 5.97. The van der Waals surface area contributed by atoms with Crippen molar-refractivity contribution >= 4 is 39.3 Å². The number of aryl methyl sites for hydroxylation is 1. The van der Waals surface area contributed by atoms with Crippen LogP contribution in [0, 0.1) is 12.8 Å². The number of hydrogen-bond acceptors (Lipinski definition) is 3. The Morgan fingerprint density at radius 3 is 2.07 bits per heavy atom. The smallest absolute Gasteiger partial charge is 0.269 e. The predicted molar refractivity (Wildman–Crippen MR) is 115 cm³/mol. The van der Waals surface area contributed by atoms with E-state index in [2.05, 4.69) is 32.1 Å². The molecule has 0 aliphatic heterocycles. The Morgan fingerprint density at radius 1 is 0.862 bits per heavy atom. The molecule has 0 spiro atoms. The molecule has 3 rings (SSSR count). The van der Waals surface area contributed by atoms with Gasteiger partial charge < -0.3 is 5.32 Å². The van der Waals surface area contributed by atoms with Gasteiger partial charge in [-0.1, -0.05) is 41.3 Å². The SMILES string of the molecule is Cc1ccc(C(=O)NNC(=O)c2ccc(NC(=O)C3CCCCC3)cc2)cc1Br. The summed E-state index contributed by atoms with van der Waals surface area (Å²) in [6.07, 6.45) is 5.27. The van der Waals surface area contributed by atoms with Gasteiger partial charge in [0, 0.05) is 27.2 Å². The molecule has 152 valence electrons. The number of amides is 3. The lowest BCUT2D eigenvalue weighted by Crippen LogP contribution is -2.41. The molecule has 7 heteroatoms. The monoisotopic (exact) mass is 457 g/mol. The van der Waals surface area contributed by atoms with Gasteiger partial charge in [-0.3, -0.25) is 25.2 Å². The van der Waals surface area contributed by atoms with Crippen LogP contribution in [0.2, 0.25) is 0 Å². The molecule has 1 saturated carbocycles. The van der Waals surface area contributed by atoms with Crippen molar-refractivity contribution in [3.8, 4) is 0 Å². The van der Waals surface area contributed by atoms with Crippen LogP contribution in [0.1, 0.15) is 58.4 Å². The molecule has 2 aromatic rings. The van der Waals surface area contributed by atoms with Crippen LogP contribution < -0.4 is 16.2 Å². The second-order valence-electron chi connectivity index (χ2n) is 7.27. The Hall–Kier alpha value is -2.67. The number of benzene rings is 2. The molecule has 0 heterocycles. The van der Waals surface area contributed by atoms with E-state index in [1.165, 1.54) is 6.42 Å². The molecule has 0 aromatic heterocycles. The van der Waals surface area contributed by atoms with Crippen LogP contribution in [-0.2, 0) is 4.79 Å². The summed E-state index contributed by atoms with van der Waals surface area (Å²) in [4.78, 5) is 36.7. The molecule has 0 atom stereocenters. The highest BCUT2D eigenvalue weighted by molar-refractivity contribution is 9.10. The Balaban J connectivity index is 1.52. The highest BCUT2D eigenvalue weighted by Crippen LogP contribution is 2.25. The molecule has 2 aromatic carbocycles. The second-order valence-corrected chi connectivity index (χ2v) is 8.13. The predicted octanol–water partition coefficient (Wildman–Crippen LogP) is 4.35. The maximum Gasteiger partial charge on any atom is 0.269 e. The first-order chi connectivity index (χ1) is 13.9. The number of rotatable bonds is 4. The van der Waals surface area contributed by atoms with E-state index in [1.807, 2.05) is 13.0 Å². The molecule has 0 radical (unpaired) electrons. The molecule has 6 nitrogen and oxygen atoms in total. The van der Waals surface area contributed by atoms with Crippen molar-refractivity contribution in [3.63, 3.8) is 0 Å². The van der Waals surface area contributed by atoms with Gasteiger partial charge in [0.1, 0.15) is 0 Å². The van der Waals surface area contributed by atoms with Gasteiger partial charge in [0.25, 0.3) is 11.8 Å². The minimum absolute atomic E-state index is 0.0402. The second kappa shape index (κ2) is 9.69. The first-order valence-corrected chi connectivity index (χ1v) is 10.5. The highest BCUT2D eigenvalue weighted by Gasteiger charge is 2.21. The molecule has 3 N–H and O–H groups in total. The topological polar surface area (TPSA) is 87.3 Å². The molecule has 0 unspecified atom stereocenters. The molecule has 1 fully saturated rings. The van der Waals surface area contributed by atoms with Gasteiger partial charge in [-0.05, 0) is 61.7 Å². The molecule has 1 aliphatic carbocycles. The summed E-state index contributed by atoms with van der Waals surface area (Å²) in [6, 6.07) is 11.8. The van der Waals surface area contributed by atoms with Crippen molar-refractivity contribution in [1.82, 2.24) is 10.9 Å². The number of carbonyl (C=O) groups excluding carboxylic acids is 3. The first kappa shape index (κ1) is 21.0. The minimum atomic E-state index is -0.435. The summed E-state index contributed by atoms with van der Waals surface area (Å²) < 4.78 is 0.822. The van der Waals surface area contributed by atoms with Gasteiger partial charge >= 0.3 is 0 Å². The minimum Gasteiger partial charge on any atom is -0.326 e. The quantitative estimate of drug-likeness (QED) is 0.596. The highest BCUT2D eigenvalue weighted by atomic mass is 79.9. The zero-order valence-electron chi connectivity index (χ0n) is 16.3. The van der Waals surface area contributed by atoms with Crippen LogP contribution in [0.3, 0.4) is 0 Å². The van der Waals surface area contributed by atoms with Crippen molar-refractivity contribution in [3.05, 3.63) is 63.6 Å². The maximum atomic E-state index is 12.3. The maximum absolute atomic E-state index is 12.3. The summed E-state index contributed by atoms with van der Waals surface area (Å²) in [6.45, 7) is 1.93. The summed E-state index contributed by atoms with van der Waals surface area (Å²) in [5.74, 6) is -0.729. The third kappa shape index (κ3) is 5.67. The van der Waals surface area contributed by atoms with Crippen LogP contribution in [-0.4, -0.2) is 17.7 Å². The van der Waals surface area contributed by atoms with Crippen molar-refractivity contribution in [2.24, 2.45) is 5.92 Å². The number of carbonyl (C=O) groups is 3. The fourth-order valence-corrected chi connectivity index (χ4v) is 3.68. The summed E-state index contributed by atoms with van der Waals surface area (Å²) >= 11 is 3.38. The van der Waals surface area contributed by atoms with Gasteiger partial charge in [-0.2, -0.15) is 0 Å².